The van der Waals surface area contributed by atoms with Crippen molar-refractivity contribution >= 4 is 28.7 Å². The molecule has 0 bridgehead atoms. The fraction of sp³-hybridized carbons (Fsp3) is 0.250. The molecule has 0 unspecified atom stereocenters. The van der Waals surface area contributed by atoms with Gasteiger partial charge in [-0.05, 0) is 49.8 Å². The van der Waals surface area contributed by atoms with Crippen molar-refractivity contribution in [2.75, 3.05) is 20.8 Å². The van der Waals surface area contributed by atoms with Gasteiger partial charge in [0.05, 0.1) is 12.7 Å². The molecule has 7 heteroatoms. The van der Waals surface area contributed by atoms with Gasteiger partial charge in [-0.25, -0.2) is 4.79 Å². The lowest BCUT2D eigenvalue weighted by molar-refractivity contribution is -0.138. The van der Waals surface area contributed by atoms with Gasteiger partial charge in [0.1, 0.15) is 23.9 Å². The van der Waals surface area contributed by atoms with Crippen molar-refractivity contribution in [3.05, 3.63) is 59.0 Å². The molecule has 3 aromatic rings. The van der Waals surface area contributed by atoms with Crippen LogP contribution in [0.15, 0.2) is 42.3 Å². The van der Waals surface area contributed by atoms with Crippen LogP contribution in [0.1, 0.15) is 28.4 Å². The first-order valence-corrected chi connectivity index (χ1v) is 9.90. The normalized spacial score (nSPS) is 14.1. The number of benzene rings is 2. The predicted molar refractivity (Wildman–Crippen MR) is 116 cm³/mol. The molecule has 1 aromatic heterocycles. The largest absolute Gasteiger partial charge is 0.497 e. The van der Waals surface area contributed by atoms with E-state index in [1.54, 1.807) is 32.2 Å². The maximum atomic E-state index is 13.0. The van der Waals surface area contributed by atoms with Gasteiger partial charge in [-0.15, -0.1) is 0 Å². The van der Waals surface area contributed by atoms with Crippen molar-refractivity contribution in [3.8, 4) is 17.2 Å². The molecule has 1 aliphatic rings. The van der Waals surface area contributed by atoms with Crippen LogP contribution in [0.2, 0.25) is 0 Å². The van der Waals surface area contributed by atoms with Gasteiger partial charge in [-0.2, -0.15) is 0 Å². The first kappa shape index (κ1) is 20.7. The van der Waals surface area contributed by atoms with E-state index in [9.17, 15) is 9.59 Å². The number of Topliss-reactive ketones (excluding diaryl/α,β-unsaturated/α-hetero) is 1. The first-order chi connectivity index (χ1) is 14.9. The molecular formula is C24H23NO6. The molecule has 0 spiro atoms. The van der Waals surface area contributed by atoms with Crippen molar-refractivity contribution in [3.63, 3.8) is 0 Å². The Morgan fingerprint density at radius 3 is 2.68 bits per heavy atom. The van der Waals surface area contributed by atoms with E-state index in [0.717, 1.165) is 28.8 Å². The second-order valence-corrected chi connectivity index (χ2v) is 7.21. The minimum Gasteiger partial charge on any atom is -0.497 e. The fourth-order valence-corrected chi connectivity index (χ4v) is 3.76. The number of ether oxygens (including phenoxy) is 4. The third-order valence-electron chi connectivity index (χ3n) is 5.18. The number of carbonyl (C=O) groups excluding carboxylic acids is 2. The molecule has 7 nitrogen and oxygen atoms in total. The summed E-state index contributed by atoms with van der Waals surface area (Å²) in [5.74, 6) is 0.900. The van der Waals surface area contributed by atoms with Crippen LogP contribution in [0.5, 0.6) is 17.2 Å². The lowest BCUT2D eigenvalue weighted by Gasteiger charge is -2.07. The van der Waals surface area contributed by atoms with Crippen molar-refractivity contribution < 1.29 is 28.5 Å². The number of hydrogen-bond donors (Lipinski definition) is 0. The summed E-state index contributed by atoms with van der Waals surface area (Å²) in [6.45, 7) is 4.47. The second kappa shape index (κ2) is 8.28. The molecule has 1 aliphatic heterocycles. The Morgan fingerprint density at radius 1 is 1.16 bits per heavy atom. The number of aromatic nitrogens is 1. The van der Waals surface area contributed by atoms with E-state index in [1.807, 2.05) is 24.4 Å². The van der Waals surface area contributed by atoms with Gasteiger partial charge in [0.25, 0.3) is 0 Å². The molecule has 0 N–H and O–H groups in total. The number of ketones is 1. The van der Waals surface area contributed by atoms with Crippen LogP contribution in [0.25, 0.3) is 17.0 Å². The topological polar surface area (TPSA) is 76.0 Å². The van der Waals surface area contributed by atoms with Crippen LogP contribution < -0.4 is 14.2 Å². The molecule has 0 radical (unpaired) electrons. The fourth-order valence-electron chi connectivity index (χ4n) is 3.76. The molecule has 0 fully saturated rings. The van der Waals surface area contributed by atoms with Crippen LogP contribution in [-0.2, 0) is 16.1 Å². The van der Waals surface area contributed by atoms with E-state index in [-0.39, 0.29) is 18.1 Å². The van der Waals surface area contributed by atoms with Gasteiger partial charge in [-0.3, -0.25) is 4.79 Å². The number of nitrogens with zero attached hydrogens (tertiary/aromatic N) is 1. The Bertz CT molecular complexity index is 1220. The van der Waals surface area contributed by atoms with E-state index in [0.29, 0.717) is 22.6 Å². The number of esters is 1. The molecule has 2 heterocycles. The SMILES string of the molecule is CCn1cc(/C=C2\Oc3cc(OC(=O)COC)cc(C)c3C2=O)c2cc(OC)ccc21. The lowest BCUT2D eigenvalue weighted by Crippen LogP contribution is -2.14. The van der Waals surface area contributed by atoms with Crippen LogP contribution in [0, 0.1) is 6.92 Å². The summed E-state index contributed by atoms with van der Waals surface area (Å²) in [6.07, 6.45) is 3.73. The van der Waals surface area contributed by atoms with Crippen molar-refractivity contribution in [1.82, 2.24) is 4.57 Å². The average molecular weight is 421 g/mol. The number of fused-ring (bicyclic) bond motifs is 2. The Morgan fingerprint density at radius 2 is 1.97 bits per heavy atom. The number of hydrogen-bond acceptors (Lipinski definition) is 6. The first-order valence-electron chi connectivity index (χ1n) is 9.90. The molecule has 0 atom stereocenters. The average Bonchev–Trinajstić information content (AvgIpc) is 3.25. The quantitative estimate of drug-likeness (QED) is 0.338. The van der Waals surface area contributed by atoms with E-state index in [4.69, 9.17) is 18.9 Å². The highest BCUT2D eigenvalue weighted by atomic mass is 16.6. The number of carbonyl (C=O) groups is 2. The summed E-state index contributed by atoms with van der Waals surface area (Å²) in [6, 6.07) is 9.04. The standard InChI is InChI=1S/C24H23NO6/c1-5-25-12-15(18-10-16(29-4)6-7-19(18)25)9-21-24(27)23-14(2)8-17(11-20(23)31-21)30-22(26)13-28-3/h6-12H,5,13H2,1-4H3/b21-9-. The molecule has 0 saturated carbocycles. The van der Waals surface area contributed by atoms with Crippen molar-refractivity contribution in [2.45, 2.75) is 20.4 Å². The minimum absolute atomic E-state index is 0.161. The van der Waals surface area contributed by atoms with E-state index >= 15 is 0 Å². The number of aryl methyl sites for hydroxylation is 2. The maximum absolute atomic E-state index is 13.0. The molecule has 2 aromatic carbocycles. The van der Waals surface area contributed by atoms with Gasteiger partial charge in [0.2, 0.25) is 5.78 Å². The maximum Gasteiger partial charge on any atom is 0.337 e. The van der Waals surface area contributed by atoms with Gasteiger partial charge in [0.15, 0.2) is 5.76 Å². The van der Waals surface area contributed by atoms with E-state index in [2.05, 4.69) is 11.5 Å². The third kappa shape index (κ3) is 3.80. The van der Waals surface area contributed by atoms with Crippen LogP contribution in [-0.4, -0.2) is 37.1 Å². The summed E-state index contributed by atoms with van der Waals surface area (Å²) in [4.78, 5) is 24.8. The van der Waals surface area contributed by atoms with Gasteiger partial charge in [0, 0.05) is 42.4 Å². The van der Waals surface area contributed by atoms with Crippen molar-refractivity contribution in [2.24, 2.45) is 0 Å². The monoisotopic (exact) mass is 421 g/mol. The predicted octanol–water partition coefficient (Wildman–Crippen LogP) is 4.15. The summed E-state index contributed by atoms with van der Waals surface area (Å²) in [7, 11) is 3.04. The molecule has 0 saturated heterocycles. The van der Waals surface area contributed by atoms with Crippen molar-refractivity contribution in [1.29, 1.82) is 0 Å². The molecule has 0 amide bonds. The highest BCUT2D eigenvalue weighted by Crippen LogP contribution is 2.38. The van der Waals surface area contributed by atoms with Gasteiger partial charge in [-0.1, -0.05) is 0 Å². The zero-order valence-electron chi connectivity index (χ0n) is 17.9. The summed E-state index contributed by atoms with van der Waals surface area (Å²) >= 11 is 0. The summed E-state index contributed by atoms with van der Waals surface area (Å²) < 4.78 is 23.4. The molecule has 0 aliphatic carbocycles. The lowest BCUT2D eigenvalue weighted by atomic mass is 10.0. The Balaban J connectivity index is 1.72. The molecule has 4 rings (SSSR count). The number of allylic oxidation sites excluding steroid dienone is 1. The molecule has 31 heavy (non-hydrogen) atoms. The van der Waals surface area contributed by atoms with Crippen LogP contribution in [0.4, 0.5) is 0 Å². The zero-order valence-corrected chi connectivity index (χ0v) is 17.9. The Kier molecular flexibility index (Phi) is 5.52. The summed E-state index contributed by atoms with van der Waals surface area (Å²) in [5.41, 5.74) is 3.04. The Labute approximate surface area is 179 Å². The smallest absolute Gasteiger partial charge is 0.337 e. The number of methoxy groups -OCH3 is 2. The van der Waals surface area contributed by atoms with E-state index < -0.39 is 5.97 Å². The van der Waals surface area contributed by atoms with Gasteiger partial charge < -0.3 is 23.5 Å². The van der Waals surface area contributed by atoms with E-state index in [1.165, 1.54) is 7.11 Å². The highest BCUT2D eigenvalue weighted by Gasteiger charge is 2.30. The molecule has 160 valence electrons. The van der Waals surface area contributed by atoms with Crippen LogP contribution in [0.3, 0.4) is 0 Å². The van der Waals surface area contributed by atoms with Crippen LogP contribution >= 0.6 is 0 Å². The zero-order chi connectivity index (χ0) is 22.1. The third-order valence-corrected chi connectivity index (χ3v) is 5.18. The molecular weight excluding hydrogens is 398 g/mol. The summed E-state index contributed by atoms with van der Waals surface area (Å²) in [5, 5.41) is 0.965. The number of rotatable bonds is 6. The Hall–Kier alpha value is -3.58. The second-order valence-electron chi connectivity index (χ2n) is 7.21. The van der Waals surface area contributed by atoms with Gasteiger partial charge >= 0.3 is 5.97 Å². The highest BCUT2D eigenvalue weighted by molar-refractivity contribution is 6.16. The minimum atomic E-state index is -0.525.